The average Bonchev–Trinajstić information content (AvgIpc) is 2.03. The van der Waals surface area contributed by atoms with E-state index in [2.05, 4.69) is 24.8 Å². The van der Waals surface area contributed by atoms with Gasteiger partial charge in [0.2, 0.25) is 0 Å². The van der Waals surface area contributed by atoms with Crippen molar-refractivity contribution >= 4 is 6.29 Å². The summed E-state index contributed by atoms with van der Waals surface area (Å²) in [6, 6.07) is 0. The topological polar surface area (TPSA) is 17.1 Å². The van der Waals surface area contributed by atoms with E-state index in [-0.39, 0.29) is 0 Å². The number of hydrogen-bond donors (Lipinski definition) is 0. The van der Waals surface area contributed by atoms with Crippen LogP contribution >= 0.6 is 0 Å². The number of carbonyl (C=O) groups is 1. The summed E-state index contributed by atoms with van der Waals surface area (Å²) in [4.78, 5) is 9.84. The molecular formula is C10H14O. The van der Waals surface area contributed by atoms with Gasteiger partial charge >= 0.3 is 0 Å². The van der Waals surface area contributed by atoms with Gasteiger partial charge < -0.3 is 4.79 Å². The van der Waals surface area contributed by atoms with E-state index in [0.29, 0.717) is 6.42 Å². The van der Waals surface area contributed by atoms with Crippen molar-refractivity contribution in [3.8, 4) is 0 Å². The van der Waals surface area contributed by atoms with E-state index in [1.807, 2.05) is 6.08 Å². The molecule has 0 aliphatic carbocycles. The SMILES string of the molecule is CCC=CCC=C=CCC=O. The molecule has 0 aliphatic heterocycles. The monoisotopic (exact) mass is 150 g/mol. The highest BCUT2D eigenvalue weighted by atomic mass is 16.1. The van der Waals surface area contributed by atoms with E-state index in [4.69, 9.17) is 0 Å². The largest absolute Gasteiger partial charge is 0.303 e. The number of allylic oxidation sites excluding steroid dienone is 3. The molecule has 0 saturated heterocycles. The second kappa shape index (κ2) is 8.93. The standard InChI is InChI=1S/C10H14O/c1-2-3-4-5-6-7-8-9-10-11/h3-4,6,8,10H,2,5,9H2,1H3. The van der Waals surface area contributed by atoms with E-state index >= 15 is 0 Å². The molecule has 0 fully saturated rings. The lowest BCUT2D eigenvalue weighted by Gasteiger charge is -1.76. The van der Waals surface area contributed by atoms with Crippen LogP contribution in [0.1, 0.15) is 26.2 Å². The molecule has 0 saturated carbocycles. The zero-order valence-electron chi connectivity index (χ0n) is 6.92. The fraction of sp³-hybridized carbons (Fsp3) is 0.400. The summed E-state index contributed by atoms with van der Waals surface area (Å²) in [5, 5.41) is 0. The lowest BCUT2D eigenvalue weighted by Crippen LogP contribution is -1.62. The molecule has 0 radical (unpaired) electrons. The van der Waals surface area contributed by atoms with E-state index in [1.54, 1.807) is 6.08 Å². The van der Waals surface area contributed by atoms with Crippen molar-refractivity contribution in [2.45, 2.75) is 26.2 Å². The van der Waals surface area contributed by atoms with Gasteiger partial charge in [0.05, 0.1) is 0 Å². The maximum Gasteiger partial charge on any atom is 0.124 e. The minimum Gasteiger partial charge on any atom is -0.303 e. The predicted molar refractivity (Wildman–Crippen MR) is 47.4 cm³/mol. The molecule has 0 heterocycles. The minimum atomic E-state index is 0.466. The van der Waals surface area contributed by atoms with Gasteiger partial charge in [0.1, 0.15) is 6.29 Å². The second-order valence-electron chi connectivity index (χ2n) is 2.09. The van der Waals surface area contributed by atoms with Gasteiger partial charge in [-0.15, -0.1) is 5.73 Å². The average molecular weight is 150 g/mol. The Morgan fingerprint density at radius 2 is 1.91 bits per heavy atom. The van der Waals surface area contributed by atoms with Crippen LogP contribution in [-0.2, 0) is 4.79 Å². The van der Waals surface area contributed by atoms with Crippen molar-refractivity contribution in [2.24, 2.45) is 0 Å². The lowest BCUT2D eigenvalue weighted by molar-refractivity contribution is -0.107. The summed E-state index contributed by atoms with van der Waals surface area (Å²) in [6.45, 7) is 2.10. The van der Waals surface area contributed by atoms with Crippen LogP contribution in [0.3, 0.4) is 0 Å². The number of aldehydes is 1. The quantitative estimate of drug-likeness (QED) is 0.334. The van der Waals surface area contributed by atoms with Crippen LogP contribution in [0.15, 0.2) is 30.0 Å². The third-order valence-electron chi connectivity index (χ3n) is 1.11. The number of hydrogen-bond acceptors (Lipinski definition) is 1. The van der Waals surface area contributed by atoms with Crippen molar-refractivity contribution in [2.75, 3.05) is 0 Å². The summed E-state index contributed by atoms with van der Waals surface area (Å²) < 4.78 is 0. The van der Waals surface area contributed by atoms with Crippen LogP contribution in [0.25, 0.3) is 0 Å². The van der Waals surface area contributed by atoms with E-state index in [0.717, 1.165) is 19.1 Å². The first-order valence-electron chi connectivity index (χ1n) is 3.89. The third kappa shape index (κ3) is 8.93. The molecule has 0 aromatic carbocycles. The molecule has 0 bridgehead atoms. The molecule has 0 N–H and O–H groups in total. The van der Waals surface area contributed by atoms with Gasteiger partial charge in [0.25, 0.3) is 0 Å². The Balaban J connectivity index is 3.42. The van der Waals surface area contributed by atoms with Crippen LogP contribution in [0.5, 0.6) is 0 Å². The van der Waals surface area contributed by atoms with Crippen LogP contribution in [0, 0.1) is 0 Å². The van der Waals surface area contributed by atoms with Crippen molar-refractivity contribution in [1.82, 2.24) is 0 Å². The number of carbonyl (C=O) groups excluding carboxylic acids is 1. The van der Waals surface area contributed by atoms with Crippen LogP contribution in [0.4, 0.5) is 0 Å². The molecular weight excluding hydrogens is 136 g/mol. The van der Waals surface area contributed by atoms with E-state index in [1.165, 1.54) is 0 Å². The van der Waals surface area contributed by atoms with E-state index in [9.17, 15) is 4.79 Å². The zero-order chi connectivity index (χ0) is 8.36. The molecule has 60 valence electrons. The maximum absolute atomic E-state index is 9.84. The summed E-state index contributed by atoms with van der Waals surface area (Å²) in [7, 11) is 0. The molecule has 0 unspecified atom stereocenters. The normalized spacial score (nSPS) is 9.18. The molecule has 0 rings (SSSR count). The fourth-order valence-corrected chi connectivity index (χ4v) is 0.598. The smallest absolute Gasteiger partial charge is 0.124 e. The first-order chi connectivity index (χ1) is 5.41. The summed E-state index contributed by atoms with van der Waals surface area (Å²) in [5.74, 6) is 0. The molecule has 0 aliphatic rings. The van der Waals surface area contributed by atoms with Gasteiger partial charge in [-0.2, -0.15) is 0 Å². The Bertz CT molecular complexity index is 171. The van der Waals surface area contributed by atoms with Crippen molar-refractivity contribution in [3.63, 3.8) is 0 Å². The molecule has 0 aromatic heterocycles. The highest BCUT2D eigenvalue weighted by molar-refractivity contribution is 5.51. The van der Waals surface area contributed by atoms with Gasteiger partial charge in [0.15, 0.2) is 0 Å². The second-order valence-corrected chi connectivity index (χ2v) is 2.09. The Kier molecular flexibility index (Phi) is 8.06. The highest BCUT2D eigenvalue weighted by Crippen LogP contribution is 1.86. The van der Waals surface area contributed by atoms with Gasteiger partial charge in [-0.1, -0.05) is 19.1 Å². The molecule has 0 atom stereocenters. The van der Waals surface area contributed by atoms with Crippen molar-refractivity contribution in [3.05, 3.63) is 30.0 Å². The zero-order valence-corrected chi connectivity index (χ0v) is 6.92. The van der Waals surface area contributed by atoms with Crippen molar-refractivity contribution in [1.29, 1.82) is 0 Å². The number of rotatable bonds is 5. The first-order valence-corrected chi connectivity index (χ1v) is 3.89. The summed E-state index contributed by atoms with van der Waals surface area (Å²) in [6.07, 6.45) is 11.1. The minimum absolute atomic E-state index is 0.466. The van der Waals surface area contributed by atoms with Crippen LogP contribution in [0.2, 0.25) is 0 Å². The molecule has 0 aromatic rings. The molecule has 1 nitrogen and oxygen atoms in total. The third-order valence-corrected chi connectivity index (χ3v) is 1.11. The van der Waals surface area contributed by atoms with Gasteiger partial charge in [-0.25, -0.2) is 0 Å². The lowest BCUT2D eigenvalue weighted by atomic mass is 10.3. The molecule has 0 spiro atoms. The molecule has 1 heteroatoms. The first kappa shape index (κ1) is 9.93. The van der Waals surface area contributed by atoms with Gasteiger partial charge in [-0.3, -0.25) is 0 Å². The summed E-state index contributed by atoms with van der Waals surface area (Å²) in [5.41, 5.74) is 2.91. The molecule has 0 amide bonds. The highest BCUT2D eigenvalue weighted by Gasteiger charge is 1.68. The van der Waals surface area contributed by atoms with Gasteiger partial charge in [-0.05, 0) is 25.0 Å². The Hall–Kier alpha value is -1.07. The summed E-state index contributed by atoms with van der Waals surface area (Å²) >= 11 is 0. The Morgan fingerprint density at radius 1 is 1.18 bits per heavy atom. The van der Waals surface area contributed by atoms with Crippen LogP contribution < -0.4 is 0 Å². The maximum atomic E-state index is 9.84. The van der Waals surface area contributed by atoms with Crippen molar-refractivity contribution < 1.29 is 4.79 Å². The predicted octanol–water partition coefficient (Wildman–Crippen LogP) is 2.64. The van der Waals surface area contributed by atoms with E-state index < -0.39 is 0 Å². The van der Waals surface area contributed by atoms with Gasteiger partial charge in [0, 0.05) is 6.42 Å². The Labute approximate surface area is 68.1 Å². The fourth-order valence-electron chi connectivity index (χ4n) is 0.598. The Morgan fingerprint density at radius 3 is 2.55 bits per heavy atom. The molecule has 11 heavy (non-hydrogen) atoms. The van der Waals surface area contributed by atoms with Crippen LogP contribution in [-0.4, -0.2) is 6.29 Å².